The lowest BCUT2D eigenvalue weighted by Crippen LogP contribution is -2.50. The van der Waals surface area contributed by atoms with E-state index in [0.29, 0.717) is 23.7 Å². The molecule has 0 aromatic heterocycles. The van der Waals surface area contributed by atoms with Gasteiger partial charge in [0.1, 0.15) is 6.04 Å². The molecule has 164 valence electrons. The molecule has 2 aromatic carbocycles. The highest BCUT2D eigenvalue weighted by Crippen LogP contribution is 2.47. The van der Waals surface area contributed by atoms with Crippen molar-refractivity contribution in [2.75, 3.05) is 5.32 Å². The summed E-state index contributed by atoms with van der Waals surface area (Å²) in [5, 5.41) is 8.47. The van der Waals surface area contributed by atoms with Crippen molar-refractivity contribution in [1.29, 1.82) is 0 Å². The van der Waals surface area contributed by atoms with E-state index in [9.17, 15) is 9.59 Å². The Morgan fingerprint density at radius 2 is 1.71 bits per heavy atom. The second kappa shape index (κ2) is 8.88. The first-order valence-electron chi connectivity index (χ1n) is 10.9. The summed E-state index contributed by atoms with van der Waals surface area (Å²) in [5.74, 6) is 0.453. The lowest BCUT2D eigenvalue weighted by molar-refractivity contribution is -0.118. The van der Waals surface area contributed by atoms with Crippen molar-refractivity contribution in [1.82, 2.24) is 10.6 Å². The van der Waals surface area contributed by atoms with Crippen molar-refractivity contribution >= 4 is 17.6 Å². The molecule has 7 nitrogen and oxygen atoms in total. The van der Waals surface area contributed by atoms with Crippen LogP contribution in [-0.2, 0) is 11.3 Å². The lowest BCUT2D eigenvalue weighted by atomic mass is 10.0. The number of carbonyl (C=O) groups excluding carboxylic acids is 2. The summed E-state index contributed by atoms with van der Waals surface area (Å²) in [6.45, 7) is 4.18. The zero-order chi connectivity index (χ0) is 21.8. The minimum Gasteiger partial charge on any atom is -0.448 e. The van der Waals surface area contributed by atoms with Gasteiger partial charge in [0.25, 0.3) is 5.79 Å². The highest BCUT2D eigenvalue weighted by atomic mass is 16.7. The van der Waals surface area contributed by atoms with Crippen LogP contribution in [0.5, 0.6) is 11.5 Å². The highest BCUT2D eigenvalue weighted by Gasteiger charge is 2.44. The minimum atomic E-state index is -0.678. The molecule has 4 rings (SSSR count). The van der Waals surface area contributed by atoms with Gasteiger partial charge in [-0.2, -0.15) is 0 Å². The highest BCUT2D eigenvalue weighted by molar-refractivity contribution is 5.97. The summed E-state index contributed by atoms with van der Waals surface area (Å²) in [5.41, 5.74) is 1.60. The van der Waals surface area contributed by atoms with Gasteiger partial charge >= 0.3 is 6.03 Å². The smallest absolute Gasteiger partial charge is 0.315 e. The molecule has 1 spiro atoms. The lowest BCUT2D eigenvalue weighted by Gasteiger charge is -2.22. The third kappa shape index (κ3) is 4.93. The van der Waals surface area contributed by atoms with Crippen LogP contribution < -0.4 is 25.4 Å². The number of hydrogen-bond acceptors (Lipinski definition) is 4. The molecule has 0 bridgehead atoms. The molecular formula is C24H29N3O4. The van der Waals surface area contributed by atoms with E-state index in [4.69, 9.17) is 9.47 Å². The number of nitrogens with one attached hydrogen (secondary N) is 3. The van der Waals surface area contributed by atoms with Crippen molar-refractivity contribution in [3.05, 3.63) is 54.1 Å². The summed E-state index contributed by atoms with van der Waals surface area (Å²) < 4.78 is 12.1. The van der Waals surface area contributed by atoms with Gasteiger partial charge in [-0.05, 0) is 36.5 Å². The van der Waals surface area contributed by atoms with Crippen molar-refractivity contribution < 1.29 is 19.1 Å². The van der Waals surface area contributed by atoms with Gasteiger partial charge in [-0.25, -0.2) is 4.79 Å². The average Bonchev–Trinajstić information content (AvgIpc) is 3.36. The fraction of sp³-hybridized carbons (Fsp3) is 0.417. The van der Waals surface area contributed by atoms with E-state index in [2.05, 4.69) is 16.0 Å². The maximum atomic E-state index is 12.9. The standard InChI is InChI=1S/C24H29N3O4/c1-16(2)21(27-23(29)25-15-17-8-4-3-5-9-17)22(28)26-18-10-11-19-20(14-18)31-24(30-19)12-6-7-13-24/h3-5,8-11,14,16,21H,6-7,12-13,15H2,1-2H3,(H,26,28)(H2,25,27,29). The molecule has 1 atom stereocenters. The number of carbonyl (C=O) groups is 2. The average molecular weight is 424 g/mol. The molecular weight excluding hydrogens is 394 g/mol. The Hall–Kier alpha value is -3.22. The van der Waals surface area contributed by atoms with Gasteiger partial charge in [0, 0.05) is 31.1 Å². The maximum absolute atomic E-state index is 12.9. The monoisotopic (exact) mass is 423 g/mol. The number of amides is 3. The second-order valence-electron chi connectivity index (χ2n) is 8.51. The fourth-order valence-electron chi connectivity index (χ4n) is 4.01. The fourth-order valence-corrected chi connectivity index (χ4v) is 4.01. The SMILES string of the molecule is CC(C)C(NC(=O)NCc1ccccc1)C(=O)Nc1ccc2c(c1)OC1(CCCC1)O2. The number of urea groups is 1. The number of fused-ring (bicyclic) bond motifs is 1. The van der Waals surface area contributed by atoms with E-state index in [1.54, 1.807) is 12.1 Å². The Labute approximate surface area is 182 Å². The van der Waals surface area contributed by atoms with E-state index in [1.165, 1.54) is 0 Å². The summed E-state index contributed by atoms with van der Waals surface area (Å²) in [6.07, 6.45) is 3.93. The molecule has 1 aliphatic heterocycles. The van der Waals surface area contributed by atoms with Gasteiger partial charge in [0.05, 0.1) is 0 Å². The molecule has 1 heterocycles. The van der Waals surface area contributed by atoms with Gasteiger partial charge in [0.2, 0.25) is 5.91 Å². The Bertz CT molecular complexity index is 939. The second-order valence-corrected chi connectivity index (χ2v) is 8.51. The number of hydrogen-bond donors (Lipinski definition) is 3. The van der Waals surface area contributed by atoms with Crippen LogP contribution >= 0.6 is 0 Å². The molecule has 2 aliphatic rings. The van der Waals surface area contributed by atoms with E-state index >= 15 is 0 Å². The van der Waals surface area contributed by atoms with Crippen LogP contribution in [0, 0.1) is 5.92 Å². The summed E-state index contributed by atoms with van der Waals surface area (Å²) >= 11 is 0. The topological polar surface area (TPSA) is 88.7 Å². The van der Waals surface area contributed by atoms with Crippen molar-refractivity contribution in [2.45, 2.75) is 57.9 Å². The van der Waals surface area contributed by atoms with Crippen LogP contribution in [0.25, 0.3) is 0 Å². The number of rotatable bonds is 6. The van der Waals surface area contributed by atoms with Crippen LogP contribution in [0.3, 0.4) is 0 Å². The zero-order valence-electron chi connectivity index (χ0n) is 17.9. The van der Waals surface area contributed by atoms with Gasteiger partial charge in [-0.1, -0.05) is 44.2 Å². The summed E-state index contributed by atoms with van der Waals surface area (Å²) in [6, 6.07) is 14.0. The van der Waals surface area contributed by atoms with Crippen molar-refractivity contribution in [3.8, 4) is 11.5 Å². The number of ether oxygens (including phenoxy) is 2. The molecule has 2 aromatic rings. The van der Waals surface area contributed by atoms with E-state index in [0.717, 1.165) is 31.2 Å². The van der Waals surface area contributed by atoms with Gasteiger partial charge in [-0.15, -0.1) is 0 Å². The molecule has 1 aliphatic carbocycles. The quantitative estimate of drug-likeness (QED) is 0.650. The van der Waals surface area contributed by atoms with Crippen LogP contribution in [-0.4, -0.2) is 23.8 Å². The predicted molar refractivity (Wildman–Crippen MR) is 118 cm³/mol. The Balaban J connectivity index is 1.35. The molecule has 3 amide bonds. The summed E-state index contributed by atoms with van der Waals surface area (Å²) in [7, 11) is 0. The third-order valence-corrected chi connectivity index (χ3v) is 5.70. The van der Waals surface area contributed by atoms with Gasteiger partial charge < -0.3 is 25.4 Å². The predicted octanol–water partition coefficient (Wildman–Crippen LogP) is 4.19. The molecule has 1 saturated carbocycles. The zero-order valence-corrected chi connectivity index (χ0v) is 17.9. The largest absolute Gasteiger partial charge is 0.448 e. The Kier molecular flexibility index (Phi) is 6.02. The van der Waals surface area contributed by atoms with Gasteiger partial charge in [-0.3, -0.25) is 4.79 Å². The van der Waals surface area contributed by atoms with Crippen LogP contribution in [0.2, 0.25) is 0 Å². The Morgan fingerprint density at radius 3 is 2.42 bits per heavy atom. The molecule has 31 heavy (non-hydrogen) atoms. The molecule has 7 heteroatoms. The molecule has 0 saturated heterocycles. The Morgan fingerprint density at radius 1 is 1.00 bits per heavy atom. The molecule has 1 unspecified atom stereocenters. The van der Waals surface area contributed by atoms with Crippen LogP contribution in [0.1, 0.15) is 45.1 Å². The summed E-state index contributed by atoms with van der Waals surface area (Å²) in [4.78, 5) is 25.2. The minimum absolute atomic E-state index is 0.0850. The third-order valence-electron chi connectivity index (χ3n) is 5.70. The first kappa shape index (κ1) is 21.0. The molecule has 1 fully saturated rings. The van der Waals surface area contributed by atoms with Crippen LogP contribution in [0.4, 0.5) is 10.5 Å². The normalized spacial score (nSPS) is 16.9. The maximum Gasteiger partial charge on any atom is 0.315 e. The van der Waals surface area contributed by atoms with Gasteiger partial charge in [0.15, 0.2) is 11.5 Å². The number of anilines is 1. The molecule has 0 radical (unpaired) electrons. The first-order chi connectivity index (χ1) is 14.9. The van der Waals surface area contributed by atoms with E-state index in [-0.39, 0.29) is 17.9 Å². The van der Waals surface area contributed by atoms with E-state index in [1.807, 2.05) is 50.2 Å². The van der Waals surface area contributed by atoms with E-state index < -0.39 is 11.8 Å². The van der Waals surface area contributed by atoms with Crippen molar-refractivity contribution in [3.63, 3.8) is 0 Å². The number of benzene rings is 2. The first-order valence-corrected chi connectivity index (χ1v) is 10.9. The molecule has 3 N–H and O–H groups in total. The van der Waals surface area contributed by atoms with Crippen LogP contribution in [0.15, 0.2) is 48.5 Å². The van der Waals surface area contributed by atoms with Crippen molar-refractivity contribution in [2.24, 2.45) is 5.92 Å².